The van der Waals surface area contributed by atoms with Crippen LogP contribution in [0.2, 0.25) is 0 Å². The van der Waals surface area contributed by atoms with Gasteiger partial charge in [0.15, 0.2) is 0 Å². The summed E-state index contributed by atoms with van der Waals surface area (Å²) in [4.78, 5) is 0. The van der Waals surface area contributed by atoms with Crippen molar-refractivity contribution in [1.82, 2.24) is 0 Å². The van der Waals surface area contributed by atoms with Crippen molar-refractivity contribution in [2.24, 2.45) is 0 Å². The molecule has 1 aliphatic heterocycles. The minimum Gasteiger partial charge on any atom is -0.376 e. The van der Waals surface area contributed by atoms with Crippen LogP contribution in [0.25, 0.3) is 0 Å². The van der Waals surface area contributed by atoms with E-state index in [9.17, 15) is 0 Å². The molecule has 0 aromatic heterocycles. The summed E-state index contributed by atoms with van der Waals surface area (Å²) in [7, 11) is 1.74. The molecular weight excluding hydrogens is 192 g/mol. The zero-order chi connectivity index (χ0) is 11.1. The Kier molecular flexibility index (Phi) is 6.22. The van der Waals surface area contributed by atoms with E-state index >= 15 is 0 Å². The molecule has 3 unspecified atom stereocenters. The van der Waals surface area contributed by atoms with Crippen LogP contribution < -0.4 is 0 Å². The first-order valence-electron chi connectivity index (χ1n) is 6.09. The van der Waals surface area contributed by atoms with Crippen molar-refractivity contribution in [2.45, 2.75) is 57.8 Å². The molecule has 1 fully saturated rings. The van der Waals surface area contributed by atoms with E-state index in [1.54, 1.807) is 7.11 Å². The Morgan fingerprint density at radius 2 is 2.07 bits per heavy atom. The minimum absolute atomic E-state index is 0.122. The Balaban J connectivity index is 2.23. The van der Waals surface area contributed by atoms with Crippen molar-refractivity contribution in [2.75, 3.05) is 20.3 Å². The fourth-order valence-electron chi connectivity index (χ4n) is 2.03. The van der Waals surface area contributed by atoms with E-state index in [2.05, 4.69) is 13.8 Å². The third-order valence-corrected chi connectivity index (χ3v) is 2.96. The van der Waals surface area contributed by atoms with Crippen molar-refractivity contribution < 1.29 is 14.2 Å². The van der Waals surface area contributed by atoms with Gasteiger partial charge in [0.2, 0.25) is 0 Å². The second-order valence-electron chi connectivity index (χ2n) is 4.10. The maximum Gasteiger partial charge on any atom is 0.112 e. The molecule has 0 spiro atoms. The van der Waals surface area contributed by atoms with Gasteiger partial charge in [-0.1, -0.05) is 26.7 Å². The lowest BCUT2D eigenvalue weighted by Gasteiger charge is -2.20. The smallest absolute Gasteiger partial charge is 0.112 e. The number of methoxy groups -OCH3 is 1. The summed E-state index contributed by atoms with van der Waals surface area (Å²) in [5.41, 5.74) is 0. The second kappa shape index (κ2) is 7.20. The van der Waals surface area contributed by atoms with E-state index in [-0.39, 0.29) is 18.3 Å². The highest BCUT2D eigenvalue weighted by molar-refractivity contribution is 4.84. The summed E-state index contributed by atoms with van der Waals surface area (Å²) in [6.07, 6.45) is 5.07. The van der Waals surface area contributed by atoms with Gasteiger partial charge < -0.3 is 14.2 Å². The molecule has 0 aliphatic carbocycles. The molecule has 1 saturated heterocycles. The standard InChI is InChI=1S/C12H24O3/c1-4-6-7-8-14-11-9-15-10(5-2)12(11)13-3/h10-12H,4-9H2,1-3H3. The van der Waals surface area contributed by atoms with E-state index in [4.69, 9.17) is 14.2 Å². The highest BCUT2D eigenvalue weighted by atomic mass is 16.6. The van der Waals surface area contributed by atoms with Crippen molar-refractivity contribution in [3.8, 4) is 0 Å². The molecule has 0 saturated carbocycles. The van der Waals surface area contributed by atoms with Gasteiger partial charge in [-0.2, -0.15) is 0 Å². The van der Waals surface area contributed by atoms with Crippen LogP contribution in [0.15, 0.2) is 0 Å². The summed E-state index contributed by atoms with van der Waals surface area (Å²) in [5, 5.41) is 0. The molecule has 1 heterocycles. The number of hydrogen-bond donors (Lipinski definition) is 0. The lowest BCUT2D eigenvalue weighted by molar-refractivity contribution is -0.0423. The first-order valence-corrected chi connectivity index (χ1v) is 6.09. The predicted molar refractivity (Wildman–Crippen MR) is 60.1 cm³/mol. The summed E-state index contributed by atoms with van der Waals surface area (Å²) < 4.78 is 16.9. The Morgan fingerprint density at radius 1 is 1.27 bits per heavy atom. The van der Waals surface area contributed by atoms with Gasteiger partial charge in [0.1, 0.15) is 12.2 Å². The summed E-state index contributed by atoms with van der Waals surface area (Å²) >= 11 is 0. The monoisotopic (exact) mass is 216 g/mol. The molecule has 3 atom stereocenters. The maximum atomic E-state index is 5.79. The molecule has 3 heteroatoms. The molecule has 0 aromatic rings. The van der Waals surface area contributed by atoms with E-state index in [0.29, 0.717) is 6.61 Å². The van der Waals surface area contributed by atoms with E-state index < -0.39 is 0 Å². The van der Waals surface area contributed by atoms with E-state index in [1.807, 2.05) is 0 Å². The Bertz CT molecular complexity index is 161. The molecule has 0 amide bonds. The van der Waals surface area contributed by atoms with Gasteiger partial charge in [-0.05, 0) is 12.8 Å². The van der Waals surface area contributed by atoms with Gasteiger partial charge >= 0.3 is 0 Å². The van der Waals surface area contributed by atoms with Gasteiger partial charge in [-0.3, -0.25) is 0 Å². The molecule has 1 rings (SSSR count). The molecule has 0 N–H and O–H groups in total. The number of hydrogen-bond acceptors (Lipinski definition) is 3. The van der Waals surface area contributed by atoms with Gasteiger partial charge in [0.05, 0.1) is 12.7 Å². The fourth-order valence-corrected chi connectivity index (χ4v) is 2.03. The first-order chi connectivity index (χ1) is 7.33. The Labute approximate surface area is 93.1 Å². The van der Waals surface area contributed by atoms with Crippen LogP contribution in [0.4, 0.5) is 0 Å². The van der Waals surface area contributed by atoms with E-state index in [0.717, 1.165) is 19.4 Å². The van der Waals surface area contributed by atoms with Crippen LogP contribution >= 0.6 is 0 Å². The van der Waals surface area contributed by atoms with Crippen molar-refractivity contribution >= 4 is 0 Å². The second-order valence-corrected chi connectivity index (χ2v) is 4.10. The molecule has 0 bridgehead atoms. The van der Waals surface area contributed by atoms with Crippen LogP contribution in [0.5, 0.6) is 0 Å². The molecule has 90 valence electrons. The van der Waals surface area contributed by atoms with Gasteiger partial charge in [-0.15, -0.1) is 0 Å². The van der Waals surface area contributed by atoms with Crippen LogP contribution in [0, 0.1) is 0 Å². The van der Waals surface area contributed by atoms with E-state index in [1.165, 1.54) is 12.8 Å². The molecule has 3 nitrogen and oxygen atoms in total. The average molecular weight is 216 g/mol. The number of unbranched alkanes of at least 4 members (excludes halogenated alkanes) is 2. The van der Waals surface area contributed by atoms with Crippen LogP contribution in [-0.2, 0) is 14.2 Å². The average Bonchev–Trinajstić information content (AvgIpc) is 2.66. The Morgan fingerprint density at radius 3 is 2.67 bits per heavy atom. The topological polar surface area (TPSA) is 27.7 Å². The quantitative estimate of drug-likeness (QED) is 0.612. The summed E-state index contributed by atoms with van der Waals surface area (Å²) in [6.45, 7) is 5.83. The maximum absolute atomic E-state index is 5.79. The molecule has 0 aromatic carbocycles. The largest absolute Gasteiger partial charge is 0.376 e. The predicted octanol–water partition coefficient (Wildman–Crippen LogP) is 2.39. The van der Waals surface area contributed by atoms with Crippen LogP contribution in [0.3, 0.4) is 0 Å². The number of rotatable bonds is 7. The minimum atomic E-state index is 0.122. The van der Waals surface area contributed by atoms with Gasteiger partial charge in [-0.25, -0.2) is 0 Å². The lowest BCUT2D eigenvalue weighted by Crippen LogP contribution is -2.34. The summed E-state index contributed by atoms with van der Waals surface area (Å²) in [5.74, 6) is 0. The zero-order valence-electron chi connectivity index (χ0n) is 10.2. The molecule has 0 radical (unpaired) electrons. The third-order valence-electron chi connectivity index (χ3n) is 2.96. The summed E-state index contributed by atoms with van der Waals surface area (Å²) in [6, 6.07) is 0. The van der Waals surface area contributed by atoms with Crippen LogP contribution in [0.1, 0.15) is 39.5 Å². The molecule has 1 aliphatic rings. The molecule has 15 heavy (non-hydrogen) atoms. The van der Waals surface area contributed by atoms with Crippen molar-refractivity contribution in [1.29, 1.82) is 0 Å². The fraction of sp³-hybridized carbons (Fsp3) is 1.00. The van der Waals surface area contributed by atoms with Crippen molar-refractivity contribution in [3.05, 3.63) is 0 Å². The SMILES string of the molecule is CCCCCOC1COC(CC)C1OC. The lowest BCUT2D eigenvalue weighted by atomic mass is 10.1. The number of ether oxygens (including phenoxy) is 3. The molecular formula is C12H24O3. The van der Waals surface area contributed by atoms with Gasteiger partial charge in [0, 0.05) is 13.7 Å². The zero-order valence-corrected chi connectivity index (χ0v) is 10.2. The normalized spacial score (nSPS) is 31.0. The third kappa shape index (κ3) is 3.74. The van der Waals surface area contributed by atoms with Crippen LogP contribution in [-0.4, -0.2) is 38.6 Å². The highest BCUT2D eigenvalue weighted by Gasteiger charge is 2.36. The van der Waals surface area contributed by atoms with Gasteiger partial charge in [0.25, 0.3) is 0 Å². The highest BCUT2D eigenvalue weighted by Crippen LogP contribution is 2.22. The van der Waals surface area contributed by atoms with Crippen molar-refractivity contribution in [3.63, 3.8) is 0 Å². The first kappa shape index (κ1) is 12.9. The Hall–Kier alpha value is -0.120.